The Morgan fingerprint density at radius 1 is 1.28 bits per heavy atom. The van der Waals surface area contributed by atoms with Crippen LogP contribution in [0.1, 0.15) is 36.6 Å². The molecule has 0 bridgehead atoms. The standard InChI is InChI=1S/C15H20FNO/c16-14(11-6-8-17-9-7-11)13-5-1-3-12-4-2-10-18-15(12)13/h1,3,5,11,14,17H,2,4,6-10H2. The molecule has 2 nitrogen and oxygen atoms in total. The molecule has 1 saturated heterocycles. The van der Waals surface area contributed by atoms with E-state index in [0.29, 0.717) is 0 Å². The van der Waals surface area contributed by atoms with Crippen molar-refractivity contribution in [2.45, 2.75) is 31.9 Å². The first-order valence-electron chi connectivity index (χ1n) is 6.95. The minimum Gasteiger partial charge on any atom is -0.493 e. The van der Waals surface area contributed by atoms with Crippen LogP contribution in [0.2, 0.25) is 0 Å². The van der Waals surface area contributed by atoms with Crippen molar-refractivity contribution >= 4 is 0 Å². The normalized spacial score (nSPS) is 22.1. The van der Waals surface area contributed by atoms with Gasteiger partial charge in [0.2, 0.25) is 0 Å². The summed E-state index contributed by atoms with van der Waals surface area (Å²) in [5.74, 6) is 0.970. The Morgan fingerprint density at radius 2 is 2.11 bits per heavy atom. The molecule has 0 spiro atoms. The highest BCUT2D eigenvalue weighted by atomic mass is 19.1. The number of nitrogens with one attached hydrogen (secondary N) is 1. The summed E-state index contributed by atoms with van der Waals surface area (Å²) in [6, 6.07) is 5.93. The van der Waals surface area contributed by atoms with E-state index in [0.717, 1.165) is 56.7 Å². The van der Waals surface area contributed by atoms with E-state index in [1.54, 1.807) is 0 Å². The van der Waals surface area contributed by atoms with Crippen LogP contribution in [0, 0.1) is 5.92 Å². The fourth-order valence-electron chi connectivity index (χ4n) is 3.02. The van der Waals surface area contributed by atoms with E-state index >= 15 is 0 Å². The van der Waals surface area contributed by atoms with Gasteiger partial charge in [-0.05, 0) is 50.3 Å². The topological polar surface area (TPSA) is 21.3 Å². The Morgan fingerprint density at radius 3 is 2.94 bits per heavy atom. The predicted octanol–water partition coefficient (Wildman–Crippen LogP) is 3.02. The number of aryl methyl sites for hydroxylation is 1. The van der Waals surface area contributed by atoms with E-state index < -0.39 is 6.17 Å². The van der Waals surface area contributed by atoms with E-state index in [2.05, 4.69) is 11.4 Å². The van der Waals surface area contributed by atoms with Gasteiger partial charge in [-0.15, -0.1) is 0 Å². The van der Waals surface area contributed by atoms with Crippen LogP contribution in [-0.4, -0.2) is 19.7 Å². The molecule has 1 aromatic rings. The number of halogens is 1. The van der Waals surface area contributed by atoms with E-state index in [9.17, 15) is 4.39 Å². The second kappa shape index (κ2) is 5.27. The van der Waals surface area contributed by atoms with Crippen molar-refractivity contribution in [3.63, 3.8) is 0 Å². The number of rotatable bonds is 2. The van der Waals surface area contributed by atoms with Gasteiger partial charge in [-0.2, -0.15) is 0 Å². The van der Waals surface area contributed by atoms with Gasteiger partial charge < -0.3 is 10.1 Å². The molecule has 2 aliphatic rings. The first-order chi connectivity index (χ1) is 8.86. The Labute approximate surface area is 108 Å². The molecular weight excluding hydrogens is 229 g/mol. The summed E-state index contributed by atoms with van der Waals surface area (Å²) in [7, 11) is 0. The highest BCUT2D eigenvalue weighted by Crippen LogP contribution is 2.40. The van der Waals surface area contributed by atoms with Crippen molar-refractivity contribution in [3.8, 4) is 5.75 Å². The lowest BCUT2D eigenvalue weighted by Gasteiger charge is -2.28. The third kappa shape index (κ3) is 2.24. The molecule has 18 heavy (non-hydrogen) atoms. The fourth-order valence-corrected chi connectivity index (χ4v) is 3.02. The Bertz CT molecular complexity index is 415. The van der Waals surface area contributed by atoms with Crippen LogP contribution >= 0.6 is 0 Å². The third-order valence-electron chi connectivity index (χ3n) is 4.06. The van der Waals surface area contributed by atoms with Gasteiger partial charge in [0, 0.05) is 5.56 Å². The van der Waals surface area contributed by atoms with E-state index in [-0.39, 0.29) is 5.92 Å². The molecule has 1 aromatic carbocycles. The molecule has 2 heterocycles. The minimum atomic E-state index is -0.875. The first-order valence-corrected chi connectivity index (χ1v) is 6.95. The highest BCUT2D eigenvalue weighted by molar-refractivity contribution is 5.44. The second-order valence-corrected chi connectivity index (χ2v) is 5.28. The van der Waals surface area contributed by atoms with Gasteiger partial charge in [-0.1, -0.05) is 18.2 Å². The van der Waals surface area contributed by atoms with Crippen molar-refractivity contribution in [1.82, 2.24) is 5.32 Å². The lowest BCUT2D eigenvalue weighted by molar-refractivity contribution is 0.181. The van der Waals surface area contributed by atoms with Crippen LogP contribution in [-0.2, 0) is 6.42 Å². The maximum Gasteiger partial charge on any atom is 0.132 e. The molecule has 3 rings (SSSR count). The molecule has 1 fully saturated rings. The lowest BCUT2D eigenvalue weighted by atomic mass is 9.87. The summed E-state index contributed by atoms with van der Waals surface area (Å²) in [4.78, 5) is 0. The van der Waals surface area contributed by atoms with E-state index in [4.69, 9.17) is 4.74 Å². The summed E-state index contributed by atoms with van der Waals surface area (Å²) in [6.07, 6.45) is 3.03. The van der Waals surface area contributed by atoms with E-state index in [1.807, 2.05) is 12.1 Å². The molecule has 1 N–H and O–H groups in total. The van der Waals surface area contributed by atoms with Crippen molar-refractivity contribution in [2.24, 2.45) is 5.92 Å². The smallest absolute Gasteiger partial charge is 0.132 e. The Hall–Kier alpha value is -1.09. The number of para-hydroxylation sites is 1. The Balaban J connectivity index is 1.86. The van der Waals surface area contributed by atoms with Crippen LogP contribution in [0.5, 0.6) is 5.75 Å². The maximum atomic E-state index is 14.7. The number of ether oxygens (including phenoxy) is 1. The van der Waals surface area contributed by atoms with Crippen LogP contribution in [0.3, 0.4) is 0 Å². The molecule has 0 radical (unpaired) electrons. The molecular formula is C15H20FNO. The number of piperidine rings is 1. The molecule has 0 saturated carbocycles. The number of hydrogen-bond donors (Lipinski definition) is 1. The number of hydrogen-bond acceptors (Lipinski definition) is 2. The van der Waals surface area contributed by atoms with Gasteiger partial charge >= 0.3 is 0 Å². The first kappa shape index (κ1) is 12.0. The molecule has 0 amide bonds. The molecule has 2 aliphatic heterocycles. The van der Waals surface area contributed by atoms with Gasteiger partial charge in [0.25, 0.3) is 0 Å². The van der Waals surface area contributed by atoms with Gasteiger partial charge in [0.1, 0.15) is 11.9 Å². The summed E-state index contributed by atoms with van der Waals surface area (Å²) in [5.41, 5.74) is 1.95. The van der Waals surface area contributed by atoms with Crippen molar-refractivity contribution in [2.75, 3.05) is 19.7 Å². The monoisotopic (exact) mass is 249 g/mol. The molecule has 0 aromatic heterocycles. The van der Waals surface area contributed by atoms with Gasteiger partial charge in [0.05, 0.1) is 6.61 Å². The predicted molar refractivity (Wildman–Crippen MR) is 69.7 cm³/mol. The van der Waals surface area contributed by atoms with Crippen LogP contribution in [0.15, 0.2) is 18.2 Å². The number of fused-ring (bicyclic) bond motifs is 1. The van der Waals surface area contributed by atoms with Gasteiger partial charge in [0.15, 0.2) is 0 Å². The summed E-state index contributed by atoms with van der Waals surface area (Å²) >= 11 is 0. The van der Waals surface area contributed by atoms with E-state index in [1.165, 1.54) is 5.56 Å². The summed E-state index contributed by atoms with van der Waals surface area (Å²) < 4.78 is 20.4. The molecule has 3 heteroatoms. The number of alkyl halides is 1. The van der Waals surface area contributed by atoms with Gasteiger partial charge in [-0.3, -0.25) is 0 Å². The Kier molecular flexibility index (Phi) is 3.50. The fraction of sp³-hybridized carbons (Fsp3) is 0.600. The maximum absolute atomic E-state index is 14.7. The van der Waals surface area contributed by atoms with Crippen molar-refractivity contribution < 1.29 is 9.13 Å². The van der Waals surface area contributed by atoms with Crippen LogP contribution in [0.25, 0.3) is 0 Å². The highest BCUT2D eigenvalue weighted by Gasteiger charge is 2.28. The minimum absolute atomic E-state index is 0.142. The van der Waals surface area contributed by atoms with Gasteiger partial charge in [-0.25, -0.2) is 4.39 Å². The zero-order chi connectivity index (χ0) is 12.4. The molecule has 98 valence electrons. The number of benzene rings is 1. The average Bonchev–Trinajstić information content (AvgIpc) is 2.47. The molecule has 0 aliphatic carbocycles. The largest absolute Gasteiger partial charge is 0.493 e. The van der Waals surface area contributed by atoms with Crippen molar-refractivity contribution in [1.29, 1.82) is 0 Å². The van der Waals surface area contributed by atoms with Crippen molar-refractivity contribution in [3.05, 3.63) is 29.3 Å². The summed E-state index contributed by atoms with van der Waals surface area (Å²) in [6.45, 7) is 2.59. The van der Waals surface area contributed by atoms with Crippen LogP contribution < -0.4 is 10.1 Å². The summed E-state index contributed by atoms with van der Waals surface area (Å²) in [5, 5.41) is 3.29. The zero-order valence-electron chi connectivity index (χ0n) is 10.6. The quantitative estimate of drug-likeness (QED) is 0.870. The zero-order valence-corrected chi connectivity index (χ0v) is 10.6. The SMILES string of the molecule is FC(c1cccc2c1OCCC2)C1CCNCC1. The van der Waals surface area contributed by atoms with Crippen LogP contribution in [0.4, 0.5) is 4.39 Å². The lowest BCUT2D eigenvalue weighted by Crippen LogP contribution is -2.30. The average molecular weight is 249 g/mol. The molecule has 1 unspecified atom stereocenters. The second-order valence-electron chi connectivity index (χ2n) is 5.28. The molecule has 1 atom stereocenters. The third-order valence-corrected chi connectivity index (χ3v) is 4.06.